The van der Waals surface area contributed by atoms with Crippen molar-refractivity contribution < 1.29 is 0 Å². The van der Waals surface area contributed by atoms with Crippen molar-refractivity contribution in [1.29, 1.82) is 0 Å². The SMILES string of the molecule is Cc1c(Cl)cccc1Nc1ncnc(Cl)c1N. The van der Waals surface area contributed by atoms with Gasteiger partial charge in [-0.05, 0) is 24.6 Å². The van der Waals surface area contributed by atoms with E-state index < -0.39 is 0 Å². The summed E-state index contributed by atoms with van der Waals surface area (Å²) in [4.78, 5) is 7.81. The van der Waals surface area contributed by atoms with E-state index in [0.717, 1.165) is 11.3 Å². The first-order chi connectivity index (χ1) is 8.09. The highest BCUT2D eigenvalue weighted by Gasteiger charge is 2.08. The quantitative estimate of drug-likeness (QED) is 0.820. The summed E-state index contributed by atoms with van der Waals surface area (Å²) in [5.74, 6) is 0.468. The first-order valence-electron chi connectivity index (χ1n) is 4.87. The maximum atomic E-state index is 6.02. The van der Waals surface area contributed by atoms with Gasteiger partial charge in [-0.3, -0.25) is 0 Å². The van der Waals surface area contributed by atoms with E-state index in [1.807, 2.05) is 25.1 Å². The van der Waals surface area contributed by atoms with Gasteiger partial charge in [-0.15, -0.1) is 0 Å². The second-order valence-corrected chi connectivity index (χ2v) is 4.23. The molecule has 1 aromatic carbocycles. The first kappa shape index (κ1) is 12.0. The molecule has 88 valence electrons. The third-order valence-corrected chi connectivity index (χ3v) is 3.07. The van der Waals surface area contributed by atoms with Crippen molar-refractivity contribution >= 4 is 40.4 Å². The molecule has 0 spiro atoms. The molecule has 0 amide bonds. The number of hydrogen-bond donors (Lipinski definition) is 2. The largest absolute Gasteiger partial charge is 0.393 e. The smallest absolute Gasteiger partial charge is 0.158 e. The number of halogens is 2. The number of hydrogen-bond acceptors (Lipinski definition) is 4. The normalized spacial score (nSPS) is 10.3. The number of nitrogens with two attached hydrogens (primary N) is 1. The Hall–Kier alpha value is -1.52. The molecule has 0 fully saturated rings. The lowest BCUT2D eigenvalue weighted by Gasteiger charge is -2.11. The van der Waals surface area contributed by atoms with E-state index >= 15 is 0 Å². The fraction of sp³-hybridized carbons (Fsp3) is 0.0909. The highest BCUT2D eigenvalue weighted by Crippen LogP contribution is 2.29. The number of rotatable bonds is 2. The third-order valence-electron chi connectivity index (χ3n) is 2.36. The van der Waals surface area contributed by atoms with Gasteiger partial charge < -0.3 is 11.1 Å². The fourth-order valence-electron chi connectivity index (χ4n) is 1.34. The van der Waals surface area contributed by atoms with Gasteiger partial charge in [-0.25, -0.2) is 9.97 Å². The van der Waals surface area contributed by atoms with Crippen LogP contribution in [0.15, 0.2) is 24.5 Å². The van der Waals surface area contributed by atoms with E-state index in [4.69, 9.17) is 28.9 Å². The van der Waals surface area contributed by atoms with Crippen molar-refractivity contribution in [2.75, 3.05) is 11.1 Å². The van der Waals surface area contributed by atoms with E-state index in [0.29, 0.717) is 16.5 Å². The molecule has 3 N–H and O–H groups in total. The Morgan fingerprint density at radius 2 is 2.00 bits per heavy atom. The molecule has 6 heteroatoms. The average Bonchev–Trinajstić information content (AvgIpc) is 2.31. The molecule has 4 nitrogen and oxygen atoms in total. The van der Waals surface area contributed by atoms with Crippen LogP contribution in [-0.4, -0.2) is 9.97 Å². The molecule has 0 radical (unpaired) electrons. The maximum absolute atomic E-state index is 6.02. The van der Waals surface area contributed by atoms with Crippen molar-refractivity contribution in [2.24, 2.45) is 0 Å². The van der Waals surface area contributed by atoms with Crippen LogP contribution in [0.25, 0.3) is 0 Å². The van der Waals surface area contributed by atoms with Crippen molar-refractivity contribution in [3.63, 3.8) is 0 Å². The Kier molecular flexibility index (Phi) is 3.36. The summed E-state index contributed by atoms with van der Waals surface area (Å²) in [6.45, 7) is 1.91. The number of anilines is 3. The molecule has 17 heavy (non-hydrogen) atoms. The zero-order valence-corrected chi connectivity index (χ0v) is 10.5. The molecule has 2 rings (SSSR count). The van der Waals surface area contributed by atoms with Crippen LogP contribution < -0.4 is 11.1 Å². The van der Waals surface area contributed by atoms with Crippen LogP contribution in [0.4, 0.5) is 17.2 Å². The Morgan fingerprint density at radius 1 is 1.24 bits per heavy atom. The molecule has 0 aliphatic rings. The number of nitrogens with one attached hydrogen (secondary N) is 1. The van der Waals surface area contributed by atoms with E-state index in [1.165, 1.54) is 6.33 Å². The van der Waals surface area contributed by atoms with Gasteiger partial charge in [-0.1, -0.05) is 29.3 Å². The standard InChI is InChI=1S/C11H10Cl2N4/c1-6-7(12)3-2-4-8(6)17-11-9(14)10(13)15-5-16-11/h2-5H,14H2,1H3,(H,15,16,17). The molecule has 0 saturated heterocycles. The molecule has 0 unspecified atom stereocenters. The zero-order chi connectivity index (χ0) is 12.4. The second-order valence-electron chi connectivity index (χ2n) is 3.46. The second kappa shape index (κ2) is 4.77. The number of benzene rings is 1. The van der Waals surface area contributed by atoms with Crippen molar-refractivity contribution in [3.8, 4) is 0 Å². The van der Waals surface area contributed by atoms with E-state index in [2.05, 4.69) is 15.3 Å². The van der Waals surface area contributed by atoms with Crippen LogP contribution >= 0.6 is 23.2 Å². The fourth-order valence-corrected chi connectivity index (χ4v) is 1.65. The molecule has 2 aromatic rings. The van der Waals surface area contributed by atoms with Gasteiger partial charge in [-0.2, -0.15) is 0 Å². The van der Waals surface area contributed by atoms with Gasteiger partial charge in [0.2, 0.25) is 0 Å². The van der Waals surface area contributed by atoms with Crippen LogP contribution in [-0.2, 0) is 0 Å². The Balaban J connectivity index is 2.38. The van der Waals surface area contributed by atoms with Gasteiger partial charge in [0.15, 0.2) is 11.0 Å². The Labute approximate surface area is 109 Å². The van der Waals surface area contributed by atoms with E-state index in [-0.39, 0.29) is 5.15 Å². The minimum atomic E-state index is 0.224. The molecule has 0 saturated carbocycles. The van der Waals surface area contributed by atoms with Crippen molar-refractivity contribution in [2.45, 2.75) is 6.92 Å². The van der Waals surface area contributed by atoms with Gasteiger partial charge >= 0.3 is 0 Å². The maximum Gasteiger partial charge on any atom is 0.158 e. The van der Waals surface area contributed by atoms with Gasteiger partial charge in [0.05, 0.1) is 0 Å². The third kappa shape index (κ3) is 2.43. The predicted octanol–water partition coefficient (Wildman–Crippen LogP) is 3.42. The Bertz CT molecular complexity index is 508. The lowest BCUT2D eigenvalue weighted by atomic mass is 10.2. The number of nitrogens with zero attached hydrogens (tertiary/aromatic N) is 2. The van der Waals surface area contributed by atoms with Crippen LogP contribution in [0.1, 0.15) is 5.56 Å². The minimum absolute atomic E-state index is 0.224. The minimum Gasteiger partial charge on any atom is -0.393 e. The van der Waals surface area contributed by atoms with Crippen LogP contribution in [0.5, 0.6) is 0 Å². The highest BCUT2D eigenvalue weighted by molar-refractivity contribution is 6.32. The molecule has 1 heterocycles. The van der Waals surface area contributed by atoms with Gasteiger partial charge in [0.1, 0.15) is 12.0 Å². The first-order valence-corrected chi connectivity index (χ1v) is 5.63. The van der Waals surface area contributed by atoms with E-state index in [9.17, 15) is 0 Å². The Morgan fingerprint density at radius 3 is 2.76 bits per heavy atom. The van der Waals surface area contributed by atoms with Gasteiger partial charge in [0.25, 0.3) is 0 Å². The van der Waals surface area contributed by atoms with Gasteiger partial charge in [0, 0.05) is 10.7 Å². The molecule has 0 bridgehead atoms. The summed E-state index contributed by atoms with van der Waals surface area (Å²) in [5, 5.41) is 3.98. The summed E-state index contributed by atoms with van der Waals surface area (Å²) in [7, 11) is 0. The van der Waals surface area contributed by atoms with Crippen LogP contribution in [0, 0.1) is 6.92 Å². The molecular formula is C11H10Cl2N4. The molecule has 0 aliphatic carbocycles. The van der Waals surface area contributed by atoms with E-state index in [1.54, 1.807) is 0 Å². The topological polar surface area (TPSA) is 63.8 Å². The van der Waals surface area contributed by atoms with Crippen molar-refractivity contribution in [1.82, 2.24) is 9.97 Å². The highest BCUT2D eigenvalue weighted by atomic mass is 35.5. The number of aromatic nitrogens is 2. The zero-order valence-electron chi connectivity index (χ0n) is 9.04. The lowest BCUT2D eigenvalue weighted by Crippen LogP contribution is -2.02. The summed E-state index contributed by atoms with van der Waals surface area (Å²) in [5.41, 5.74) is 7.83. The summed E-state index contributed by atoms with van der Waals surface area (Å²) in [6, 6.07) is 5.55. The summed E-state index contributed by atoms with van der Waals surface area (Å²) >= 11 is 11.8. The molecule has 1 aromatic heterocycles. The molecule has 0 atom stereocenters. The van der Waals surface area contributed by atoms with Crippen molar-refractivity contribution in [3.05, 3.63) is 40.3 Å². The predicted molar refractivity (Wildman–Crippen MR) is 70.9 cm³/mol. The summed E-state index contributed by atoms with van der Waals surface area (Å²) < 4.78 is 0. The molecule has 0 aliphatic heterocycles. The average molecular weight is 269 g/mol. The monoisotopic (exact) mass is 268 g/mol. The van der Waals surface area contributed by atoms with Crippen LogP contribution in [0.2, 0.25) is 10.2 Å². The lowest BCUT2D eigenvalue weighted by molar-refractivity contribution is 1.17. The van der Waals surface area contributed by atoms with Crippen LogP contribution in [0.3, 0.4) is 0 Å². The summed E-state index contributed by atoms with van der Waals surface area (Å²) in [6.07, 6.45) is 1.35. The number of nitrogen functional groups attached to an aromatic ring is 1. The molecular weight excluding hydrogens is 259 g/mol.